The molecule has 1 aliphatic rings. The second-order valence-electron chi connectivity index (χ2n) is 7.42. The van der Waals surface area contributed by atoms with Crippen molar-refractivity contribution in [2.45, 2.75) is 22.8 Å². The molecule has 0 atom stereocenters. The predicted molar refractivity (Wildman–Crippen MR) is 126 cm³/mol. The van der Waals surface area contributed by atoms with Crippen molar-refractivity contribution in [1.82, 2.24) is 9.97 Å². The van der Waals surface area contributed by atoms with E-state index >= 15 is 0 Å². The summed E-state index contributed by atoms with van der Waals surface area (Å²) >= 11 is 1.61. The normalized spacial score (nSPS) is 14.1. The molecule has 4 rings (SSSR count). The van der Waals surface area contributed by atoms with Crippen molar-refractivity contribution in [2.75, 3.05) is 37.5 Å². The largest absolute Gasteiger partial charge is 0.493 e. The van der Waals surface area contributed by atoms with E-state index in [0.717, 1.165) is 41.7 Å². The van der Waals surface area contributed by atoms with Gasteiger partial charge in [-0.2, -0.15) is 0 Å². The zero-order valence-corrected chi connectivity index (χ0v) is 19.0. The van der Waals surface area contributed by atoms with E-state index in [1.165, 1.54) is 0 Å². The third-order valence-corrected chi connectivity index (χ3v) is 6.41. The van der Waals surface area contributed by atoms with Crippen molar-refractivity contribution >= 4 is 29.2 Å². The molecule has 0 bridgehead atoms. The van der Waals surface area contributed by atoms with E-state index < -0.39 is 0 Å². The molecule has 1 N–H and O–H groups in total. The minimum Gasteiger partial charge on any atom is -0.493 e. The van der Waals surface area contributed by atoms with Crippen molar-refractivity contribution < 1.29 is 14.3 Å². The number of nitrogens with zero attached hydrogens (tertiary/aromatic N) is 3. The molecule has 0 aliphatic carbocycles. The summed E-state index contributed by atoms with van der Waals surface area (Å²) in [6, 6.07) is 15.5. The van der Waals surface area contributed by atoms with E-state index in [2.05, 4.69) is 32.3 Å². The lowest BCUT2D eigenvalue weighted by Crippen LogP contribution is -2.38. The Morgan fingerprint density at radius 3 is 2.44 bits per heavy atom. The second kappa shape index (κ2) is 10.4. The summed E-state index contributed by atoms with van der Waals surface area (Å²) in [4.78, 5) is 25.3. The number of carbonyl (C=O) groups is 1. The van der Waals surface area contributed by atoms with Gasteiger partial charge in [-0.15, -0.1) is 0 Å². The summed E-state index contributed by atoms with van der Waals surface area (Å²) in [6.45, 7) is 1.51. The average Bonchev–Trinajstić information content (AvgIpc) is 2.85. The third-order valence-electron chi connectivity index (χ3n) is 5.42. The fraction of sp³-hybridized carbons (Fsp3) is 0.292. The summed E-state index contributed by atoms with van der Waals surface area (Å²) < 4.78 is 10.6. The Morgan fingerprint density at radius 1 is 1.00 bits per heavy atom. The second-order valence-corrected chi connectivity index (χ2v) is 8.48. The van der Waals surface area contributed by atoms with Crippen LogP contribution in [0.3, 0.4) is 0 Å². The summed E-state index contributed by atoms with van der Waals surface area (Å²) in [5.74, 6) is 2.06. The molecule has 2 aromatic carbocycles. The Hall–Kier alpha value is -3.26. The molecular formula is C24H26N4O3S. The first-order chi connectivity index (χ1) is 15.7. The Bertz CT molecular complexity index is 1060. The Morgan fingerprint density at radius 2 is 1.72 bits per heavy atom. The molecule has 2 heterocycles. The highest BCUT2D eigenvalue weighted by molar-refractivity contribution is 7.99. The average molecular weight is 451 g/mol. The maximum absolute atomic E-state index is 12.8. The molecule has 0 radical (unpaired) electrons. The smallest absolute Gasteiger partial charge is 0.227 e. The molecule has 1 saturated heterocycles. The molecule has 1 aromatic heterocycles. The van der Waals surface area contributed by atoms with Crippen LogP contribution in [0.25, 0.3) is 0 Å². The topological polar surface area (TPSA) is 76.6 Å². The van der Waals surface area contributed by atoms with Crippen LogP contribution in [0, 0.1) is 5.92 Å². The lowest BCUT2D eigenvalue weighted by Gasteiger charge is -2.32. The molecule has 7 nitrogen and oxygen atoms in total. The number of amides is 1. The van der Waals surface area contributed by atoms with Crippen LogP contribution in [0.5, 0.6) is 11.5 Å². The van der Waals surface area contributed by atoms with Crippen molar-refractivity contribution in [3.63, 3.8) is 0 Å². The molecule has 0 saturated carbocycles. The number of ether oxygens (including phenoxy) is 2. The SMILES string of the molecule is COc1ccc(NC(=O)C2CCN(c3nccnc3Sc3ccccc3)CC2)cc1OC. The van der Waals surface area contributed by atoms with Crippen LogP contribution in [-0.2, 0) is 4.79 Å². The monoisotopic (exact) mass is 450 g/mol. The number of carbonyl (C=O) groups excluding carboxylic acids is 1. The lowest BCUT2D eigenvalue weighted by atomic mass is 9.96. The molecule has 0 unspecified atom stereocenters. The van der Waals surface area contributed by atoms with Gasteiger partial charge in [0, 0.05) is 48.1 Å². The number of hydrogen-bond acceptors (Lipinski definition) is 7. The molecule has 1 fully saturated rings. The summed E-state index contributed by atoms with van der Waals surface area (Å²) in [7, 11) is 3.17. The zero-order valence-electron chi connectivity index (χ0n) is 18.2. The maximum Gasteiger partial charge on any atom is 0.227 e. The van der Waals surface area contributed by atoms with Gasteiger partial charge in [-0.1, -0.05) is 30.0 Å². The van der Waals surface area contributed by atoms with Crippen LogP contribution in [0.2, 0.25) is 0 Å². The minimum absolute atomic E-state index is 0.0231. The Labute approximate surface area is 192 Å². The van der Waals surface area contributed by atoms with Crippen LogP contribution in [0.15, 0.2) is 70.8 Å². The standard InChI is InChI=1S/C24H26N4O3S/c1-30-20-9-8-18(16-21(20)31-2)27-23(29)17-10-14-28(15-11-17)22-24(26-13-12-25-22)32-19-6-4-3-5-7-19/h3-9,12-13,16-17H,10-11,14-15H2,1-2H3,(H,27,29). The van der Waals surface area contributed by atoms with Crippen LogP contribution in [0.4, 0.5) is 11.5 Å². The third kappa shape index (κ3) is 5.13. The first-order valence-electron chi connectivity index (χ1n) is 10.5. The lowest BCUT2D eigenvalue weighted by molar-refractivity contribution is -0.120. The number of methoxy groups -OCH3 is 2. The van der Waals surface area contributed by atoms with Crippen LogP contribution < -0.4 is 19.7 Å². The highest BCUT2D eigenvalue weighted by Gasteiger charge is 2.27. The fourth-order valence-electron chi connectivity index (χ4n) is 3.72. The van der Waals surface area contributed by atoms with Gasteiger partial charge in [0.1, 0.15) is 5.03 Å². The van der Waals surface area contributed by atoms with Crippen molar-refractivity contribution in [3.05, 3.63) is 60.9 Å². The highest BCUT2D eigenvalue weighted by Crippen LogP contribution is 2.34. The quantitative estimate of drug-likeness (QED) is 0.568. The molecule has 1 aliphatic heterocycles. The summed E-state index contributed by atoms with van der Waals surface area (Å²) in [5.41, 5.74) is 0.700. The summed E-state index contributed by atoms with van der Waals surface area (Å²) in [5, 5.41) is 3.89. The van der Waals surface area contributed by atoms with Gasteiger partial charge in [0.15, 0.2) is 17.3 Å². The molecule has 166 valence electrons. The zero-order chi connectivity index (χ0) is 22.3. The number of anilines is 2. The maximum atomic E-state index is 12.8. The number of benzene rings is 2. The van der Waals surface area contributed by atoms with E-state index in [0.29, 0.717) is 17.2 Å². The van der Waals surface area contributed by atoms with Gasteiger partial charge in [0.2, 0.25) is 5.91 Å². The Kier molecular flexibility index (Phi) is 7.11. The van der Waals surface area contributed by atoms with Crippen LogP contribution in [0.1, 0.15) is 12.8 Å². The minimum atomic E-state index is -0.0544. The molecule has 0 spiro atoms. The van der Waals surface area contributed by atoms with E-state index in [-0.39, 0.29) is 11.8 Å². The molecular weight excluding hydrogens is 424 g/mol. The van der Waals surface area contributed by atoms with Gasteiger partial charge in [0.25, 0.3) is 0 Å². The number of nitrogens with one attached hydrogen (secondary N) is 1. The highest BCUT2D eigenvalue weighted by atomic mass is 32.2. The van der Waals surface area contributed by atoms with Gasteiger partial charge in [-0.3, -0.25) is 4.79 Å². The van der Waals surface area contributed by atoms with Crippen LogP contribution >= 0.6 is 11.8 Å². The van der Waals surface area contributed by atoms with Gasteiger partial charge in [0.05, 0.1) is 14.2 Å². The molecule has 3 aromatic rings. The van der Waals surface area contributed by atoms with E-state index in [1.54, 1.807) is 50.5 Å². The van der Waals surface area contributed by atoms with E-state index in [4.69, 9.17) is 9.47 Å². The van der Waals surface area contributed by atoms with E-state index in [1.807, 2.05) is 24.3 Å². The Balaban J connectivity index is 1.38. The number of aromatic nitrogens is 2. The first kappa shape index (κ1) is 22.0. The molecule has 8 heteroatoms. The van der Waals surface area contributed by atoms with Gasteiger partial charge in [-0.25, -0.2) is 9.97 Å². The van der Waals surface area contributed by atoms with E-state index in [9.17, 15) is 4.79 Å². The number of piperidine rings is 1. The molecule has 1 amide bonds. The first-order valence-corrected chi connectivity index (χ1v) is 11.3. The van der Waals surface area contributed by atoms with Crippen molar-refractivity contribution in [3.8, 4) is 11.5 Å². The predicted octanol–water partition coefficient (Wildman–Crippen LogP) is 4.50. The van der Waals surface area contributed by atoms with Crippen molar-refractivity contribution in [2.24, 2.45) is 5.92 Å². The van der Waals surface area contributed by atoms with Gasteiger partial charge >= 0.3 is 0 Å². The fourth-order valence-corrected chi connectivity index (χ4v) is 4.62. The van der Waals surface area contributed by atoms with Crippen molar-refractivity contribution in [1.29, 1.82) is 0 Å². The number of rotatable bonds is 7. The molecule has 32 heavy (non-hydrogen) atoms. The van der Waals surface area contributed by atoms with Gasteiger partial charge in [-0.05, 0) is 37.1 Å². The van der Waals surface area contributed by atoms with Crippen LogP contribution in [-0.4, -0.2) is 43.2 Å². The summed E-state index contributed by atoms with van der Waals surface area (Å²) in [6.07, 6.45) is 4.95. The van der Waals surface area contributed by atoms with Gasteiger partial charge < -0.3 is 19.7 Å². The number of hydrogen-bond donors (Lipinski definition) is 1.